The number of halogens is 5. The summed E-state index contributed by atoms with van der Waals surface area (Å²) in [4.78, 5) is 19.2. The minimum atomic E-state index is -4.65. The van der Waals surface area contributed by atoms with Crippen LogP contribution < -0.4 is 26.0 Å². The van der Waals surface area contributed by atoms with Crippen LogP contribution in [0.5, 0.6) is 5.75 Å². The van der Waals surface area contributed by atoms with Crippen molar-refractivity contribution in [2.75, 3.05) is 29.6 Å². The molecule has 3 aromatic rings. The number of rotatable bonds is 8. The van der Waals surface area contributed by atoms with E-state index in [2.05, 4.69) is 25.9 Å². The maximum atomic E-state index is 14.2. The van der Waals surface area contributed by atoms with Crippen LogP contribution in [0, 0.1) is 5.82 Å². The molecular weight excluding hydrogens is 468 g/mol. The van der Waals surface area contributed by atoms with Crippen LogP contribution in [0.15, 0.2) is 48.7 Å². The summed E-state index contributed by atoms with van der Waals surface area (Å²) in [5.41, 5.74) is 0.368. The predicted molar refractivity (Wildman–Crippen MR) is 116 cm³/mol. The Balaban J connectivity index is 1.73. The normalized spacial score (nSPS) is 11.0. The van der Waals surface area contributed by atoms with Crippen LogP contribution in [0.1, 0.15) is 0 Å². The van der Waals surface area contributed by atoms with E-state index in [9.17, 15) is 22.4 Å². The number of alkyl halides is 3. The van der Waals surface area contributed by atoms with E-state index in [1.54, 1.807) is 24.3 Å². The second kappa shape index (κ2) is 10.2. The highest BCUT2D eigenvalue weighted by molar-refractivity contribution is 6.33. The molecule has 0 spiro atoms. The lowest BCUT2D eigenvalue weighted by Gasteiger charge is -2.14. The number of carbonyl (C=O) groups is 1. The minimum Gasteiger partial charge on any atom is -0.484 e. The molecule has 0 atom stereocenters. The van der Waals surface area contributed by atoms with E-state index >= 15 is 0 Å². The first-order valence-electron chi connectivity index (χ1n) is 9.27. The molecule has 174 valence electrons. The Morgan fingerprint density at radius 2 is 1.88 bits per heavy atom. The van der Waals surface area contributed by atoms with E-state index in [0.29, 0.717) is 11.4 Å². The molecule has 0 aliphatic carbocycles. The molecule has 1 aromatic heterocycles. The maximum absolute atomic E-state index is 14.2. The average Bonchev–Trinajstić information content (AvgIpc) is 2.76. The molecule has 0 fully saturated rings. The van der Waals surface area contributed by atoms with Crippen molar-refractivity contribution in [3.8, 4) is 5.75 Å². The zero-order valence-corrected chi connectivity index (χ0v) is 17.7. The summed E-state index contributed by atoms with van der Waals surface area (Å²) in [6.45, 7) is -0.166. The molecule has 4 N–H and O–H groups in total. The molecule has 1 heterocycles. The molecule has 0 bridgehead atoms. The number of anilines is 5. The van der Waals surface area contributed by atoms with E-state index in [1.807, 2.05) is 0 Å². The molecule has 13 heteroatoms. The van der Waals surface area contributed by atoms with Gasteiger partial charge in [0.15, 0.2) is 18.2 Å². The van der Waals surface area contributed by atoms with Crippen LogP contribution in [0.2, 0.25) is 5.02 Å². The van der Waals surface area contributed by atoms with Gasteiger partial charge in [0.1, 0.15) is 5.75 Å². The molecule has 3 rings (SSSR count). The number of hydrogen-bond acceptors (Lipinski definition) is 7. The van der Waals surface area contributed by atoms with Gasteiger partial charge in [-0.2, -0.15) is 18.2 Å². The highest BCUT2D eigenvalue weighted by atomic mass is 35.5. The SMILES string of the molecule is CNC(=O)COc1cccc(Nc2ncc(F)c(Nc3ccc(NC(F)(F)F)c(Cl)c3)n2)c1. The Morgan fingerprint density at radius 3 is 2.58 bits per heavy atom. The van der Waals surface area contributed by atoms with Crippen molar-refractivity contribution in [3.63, 3.8) is 0 Å². The number of amides is 1. The van der Waals surface area contributed by atoms with E-state index in [0.717, 1.165) is 12.3 Å². The predicted octanol–water partition coefficient (Wildman–Crippen LogP) is 4.81. The zero-order valence-electron chi connectivity index (χ0n) is 16.9. The summed E-state index contributed by atoms with van der Waals surface area (Å²) in [6, 6.07) is 10.2. The van der Waals surface area contributed by atoms with Crippen molar-refractivity contribution in [2.45, 2.75) is 6.30 Å². The van der Waals surface area contributed by atoms with Gasteiger partial charge in [0.05, 0.1) is 16.9 Å². The number of carbonyl (C=O) groups excluding carboxylic acids is 1. The molecule has 0 unspecified atom stereocenters. The molecule has 1 amide bonds. The summed E-state index contributed by atoms with van der Waals surface area (Å²) in [6.07, 6.45) is -3.73. The summed E-state index contributed by atoms with van der Waals surface area (Å²) < 4.78 is 57.0. The van der Waals surface area contributed by atoms with Gasteiger partial charge in [-0.05, 0) is 30.3 Å². The highest BCUT2D eigenvalue weighted by Gasteiger charge is 2.28. The molecule has 33 heavy (non-hydrogen) atoms. The standard InChI is InChI=1S/C20H17ClF4N6O2/c1-26-17(32)10-33-13-4-2-3-11(7-13)29-19-27-9-15(22)18(30-19)28-12-5-6-16(14(21)8-12)31-20(23,24)25/h2-9,31H,10H2,1H3,(H,26,32)(H2,27,28,29,30). The smallest absolute Gasteiger partial charge is 0.482 e. The van der Waals surface area contributed by atoms with E-state index in [4.69, 9.17) is 16.3 Å². The van der Waals surface area contributed by atoms with Gasteiger partial charge in [0.25, 0.3) is 5.91 Å². The summed E-state index contributed by atoms with van der Waals surface area (Å²) >= 11 is 5.87. The topological polar surface area (TPSA) is 100 Å². The third-order valence-electron chi connectivity index (χ3n) is 3.99. The Morgan fingerprint density at radius 1 is 1.12 bits per heavy atom. The van der Waals surface area contributed by atoms with Gasteiger partial charge in [-0.1, -0.05) is 17.7 Å². The lowest BCUT2D eigenvalue weighted by Crippen LogP contribution is -2.24. The largest absolute Gasteiger partial charge is 0.484 e. The van der Waals surface area contributed by atoms with E-state index < -0.39 is 12.1 Å². The first-order chi connectivity index (χ1) is 15.6. The first kappa shape index (κ1) is 23.9. The van der Waals surface area contributed by atoms with Crippen molar-refractivity contribution >= 4 is 46.3 Å². The van der Waals surface area contributed by atoms with Crippen LogP contribution in [-0.4, -0.2) is 35.8 Å². The summed E-state index contributed by atoms with van der Waals surface area (Å²) in [5.74, 6) is -0.882. The lowest BCUT2D eigenvalue weighted by atomic mass is 10.2. The van der Waals surface area contributed by atoms with Crippen LogP contribution >= 0.6 is 11.6 Å². The van der Waals surface area contributed by atoms with Gasteiger partial charge in [0, 0.05) is 24.5 Å². The minimum absolute atomic E-state index is 0.0313. The van der Waals surface area contributed by atoms with Crippen molar-refractivity contribution in [3.05, 3.63) is 59.5 Å². The summed E-state index contributed by atoms with van der Waals surface area (Å²) in [5, 5.41) is 9.05. The molecule has 0 aliphatic heterocycles. The summed E-state index contributed by atoms with van der Waals surface area (Å²) in [7, 11) is 1.49. The molecule has 0 aliphatic rings. The Hall–Kier alpha value is -3.80. The average molecular weight is 485 g/mol. The fourth-order valence-electron chi connectivity index (χ4n) is 2.51. The number of benzene rings is 2. The number of hydrogen-bond donors (Lipinski definition) is 4. The van der Waals surface area contributed by atoms with Crippen molar-refractivity contribution < 1.29 is 27.1 Å². The van der Waals surface area contributed by atoms with E-state index in [1.165, 1.54) is 24.5 Å². The number of aromatic nitrogens is 2. The highest BCUT2D eigenvalue weighted by Crippen LogP contribution is 2.31. The fourth-order valence-corrected chi connectivity index (χ4v) is 2.74. The van der Waals surface area contributed by atoms with Crippen molar-refractivity contribution in [1.82, 2.24) is 15.3 Å². The van der Waals surface area contributed by atoms with Crippen LogP contribution in [-0.2, 0) is 4.79 Å². The van der Waals surface area contributed by atoms with Crippen LogP contribution in [0.25, 0.3) is 0 Å². The Kier molecular flexibility index (Phi) is 7.38. The number of nitrogens with one attached hydrogen (secondary N) is 4. The van der Waals surface area contributed by atoms with Gasteiger partial charge in [-0.25, -0.2) is 9.37 Å². The zero-order chi connectivity index (χ0) is 24.0. The monoisotopic (exact) mass is 484 g/mol. The Labute approximate surface area is 190 Å². The first-order valence-corrected chi connectivity index (χ1v) is 9.65. The van der Waals surface area contributed by atoms with E-state index in [-0.39, 0.29) is 40.7 Å². The van der Waals surface area contributed by atoms with Crippen LogP contribution in [0.4, 0.5) is 46.4 Å². The molecular formula is C20H17ClF4N6O2. The maximum Gasteiger partial charge on any atom is 0.482 e. The fraction of sp³-hybridized carbons (Fsp3) is 0.150. The number of likely N-dealkylation sites (N-methyl/N-ethyl adjacent to an activating group) is 1. The number of ether oxygens (including phenoxy) is 1. The van der Waals surface area contributed by atoms with Gasteiger partial charge >= 0.3 is 6.30 Å². The van der Waals surface area contributed by atoms with Crippen molar-refractivity contribution in [1.29, 1.82) is 0 Å². The quantitative estimate of drug-likeness (QED) is 0.269. The van der Waals surface area contributed by atoms with Gasteiger partial charge in [0.2, 0.25) is 5.95 Å². The Bertz CT molecular complexity index is 1150. The molecule has 2 aromatic carbocycles. The molecule has 0 saturated heterocycles. The van der Waals surface area contributed by atoms with Gasteiger partial charge in [-0.15, -0.1) is 0 Å². The van der Waals surface area contributed by atoms with Gasteiger partial charge < -0.3 is 20.7 Å². The molecule has 8 nitrogen and oxygen atoms in total. The molecule has 0 saturated carbocycles. The number of nitrogens with zero attached hydrogens (tertiary/aromatic N) is 2. The van der Waals surface area contributed by atoms with Gasteiger partial charge in [-0.3, -0.25) is 10.1 Å². The second-order valence-electron chi connectivity index (χ2n) is 6.45. The second-order valence-corrected chi connectivity index (χ2v) is 6.85. The lowest BCUT2D eigenvalue weighted by molar-refractivity contribution is -0.122. The van der Waals surface area contributed by atoms with Crippen molar-refractivity contribution in [2.24, 2.45) is 0 Å². The third kappa shape index (κ3) is 7.10. The molecule has 0 radical (unpaired) electrons. The third-order valence-corrected chi connectivity index (χ3v) is 4.30. The van der Waals surface area contributed by atoms with Crippen LogP contribution in [0.3, 0.4) is 0 Å².